The van der Waals surface area contributed by atoms with E-state index in [2.05, 4.69) is 179 Å². The zero-order chi connectivity index (χ0) is 32.5. The van der Waals surface area contributed by atoms with Crippen LogP contribution in [-0.4, -0.2) is 40.0 Å². The van der Waals surface area contributed by atoms with Crippen molar-refractivity contribution in [2.75, 3.05) is 40.0 Å². The highest BCUT2D eigenvalue weighted by Crippen LogP contribution is 2.75. The van der Waals surface area contributed by atoms with Crippen LogP contribution in [0.2, 0.25) is 0 Å². The molecule has 42 heavy (non-hydrogen) atoms. The molecular formula is C34H64N4P4+4. The molecule has 0 aromatic heterocycles. The fourth-order valence-electron chi connectivity index (χ4n) is 6.23. The van der Waals surface area contributed by atoms with Gasteiger partial charge in [0.05, 0.1) is 40.0 Å². The van der Waals surface area contributed by atoms with E-state index < -0.39 is 30.3 Å². The molecule has 2 aromatic carbocycles. The van der Waals surface area contributed by atoms with Gasteiger partial charge in [-0.3, -0.25) is 0 Å². The largest absolute Gasteiger partial charge is 0.289 e. The molecule has 2 aromatic rings. The molecule has 0 aliphatic carbocycles. The van der Waals surface area contributed by atoms with E-state index in [-0.39, 0.29) is 21.7 Å². The van der Waals surface area contributed by atoms with Gasteiger partial charge in [-0.05, 0) is 64.4 Å². The van der Waals surface area contributed by atoms with E-state index in [0.29, 0.717) is 0 Å². The summed E-state index contributed by atoms with van der Waals surface area (Å²) >= 11 is 0. The van der Waals surface area contributed by atoms with Gasteiger partial charge in [0, 0.05) is 11.1 Å². The Morgan fingerprint density at radius 3 is 0.952 bits per heavy atom. The molecule has 0 radical (unpaired) electrons. The average molecular weight is 653 g/mol. The number of benzene rings is 2. The van der Waals surface area contributed by atoms with E-state index in [1.54, 1.807) is 0 Å². The molecule has 0 bridgehead atoms. The van der Waals surface area contributed by atoms with Gasteiger partial charge in [0.15, 0.2) is 0 Å². The minimum absolute atomic E-state index is 0.0269. The van der Waals surface area contributed by atoms with Crippen molar-refractivity contribution in [2.45, 2.75) is 105 Å². The van der Waals surface area contributed by atoms with Crippen molar-refractivity contribution in [3.8, 4) is 0 Å². The molecule has 1 heterocycles. The van der Waals surface area contributed by atoms with E-state index in [9.17, 15) is 0 Å². The zero-order valence-electron chi connectivity index (χ0n) is 30.3. The SMILES string of the molecule is CC(C)(C)c1ccc([P+]2(c3ccc(C(C)(C)C)cc3C(C)(C)C)N[P+](C)(C)N[P+](C)(C)N[P+](C)(C)N2)c(C(C)(C)C)c1. The van der Waals surface area contributed by atoms with Crippen LogP contribution in [0.15, 0.2) is 36.4 Å². The smallest absolute Gasteiger partial charge is 0.0561 e. The third kappa shape index (κ3) is 8.23. The van der Waals surface area contributed by atoms with Crippen molar-refractivity contribution in [2.24, 2.45) is 0 Å². The van der Waals surface area contributed by atoms with E-state index in [4.69, 9.17) is 0 Å². The van der Waals surface area contributed by atoms with Gasteiger partial charge in [0.1, 0.15) is 10.6 Å². The predicted octanol–water partition coefficient (Wildman–Crippen LogP) is 9.37. The van der Waals surface area contributed by atoms with Crippen molar-refractivity contribution >= 4 is 40.9 Å². The van der Waals surface area contributed by atoms with Crippen molar-refractivity contribution in [1.29, 1.82) is 0 Å². The molecule has 0 spiro atoms. The molecule has 0 atom stereocenters. The van der Waals surface area contributed by atoms with Crippen LogP contribution in [0, 0.1) is 0 Å². The first kappa shape index (κ1) is 36.5. The molecule has 0 unspecified atom stereocenters. The van der Waals surface area contributed by atoms with E-state index in [1.807, 2.05) is 0 Å². The van der Waals surface area contributed by atoms with Crippen LogP contribution in [0.25, 0.3) is 0 Å². The van der Waals surface area contributed by atoms with Gasteiger partial charge in [-0.15, -0.1) is 0 Å². The van der Waals surface area contributed by atoms with Gasteiger partial charge >= 0.3 is 0 Å². The molecule has 3 rings (SSSR count). The molecular weight excluding hydrogens is 588 g/mol. The van der Waals surface area contributed by atoms with Gasteiger partial charge in [-0.2, -0.15) is 0 Å². The summed E-state index contributed by atoms with van der Waals surface area (Å²) < 4.78 is 0. The monoisotopic (exact) mass is 652 g/mol. The second-order valence-electron chi connectivity index (χ2n) is 17.9. The Morgan fingerprint density at radius 2 is 0.690 bits per heavy atom. The van der Waals surface area contributed by atoms with Crippen LogP contribution >= 0.6 is 30.3 Å². The van der Waals surface area contributed by atoms with Crippen LogP contribution in [0.4, 0.5) is 0 Å². The molecule has 1 aliphatic rings. The molecule has 1 saturated heterocycles. The molecule has 236 valence electrons. The van der Waals surface area contributed by atoms with Crippen LogP contribution in [-0.2, 0) is 21.7 Å². The van der Waals surface area contributed by atoms with Gasteiger partial charge in [-0.1, -0.05) is 107 Å². The second kappa shape index (κ2) is 11.4. The summed E-state index contributed by atoms with van der Waals surface area (Å²) in [5.41, 5.74) is 5.77. The Morgan fingerprint density at radius 1 is 0.405 bits per heavy atom. The zero-order valence-corrected chi connectivity index (χ0v) is 33.8. The third-order valence-corrected chi connectivity index (χ3v) is 24.5. The van der Waals surface area contributed by atoms with Gasteiger partial charge in [-0.25, -0.2) is 0 Å². The predicted molar refractivity (Wildman–Crippen MR) is 203 cm³/mol. The summed E-state index contributed by atoms with van der Waals surface area (Å²) in [5.74, 6) is 0. The molecule has 8 heteroatoms. The quantitative estimate of drug-likeness (QED) is 0.244. The van der Waals surface area contributed by atoms with Gasteiger partial charge in [0.2, 0.25) is 22.7 Å². The molecule has 4 nitrogen and oxygen atoms in total. The Kier molecular flexibility index (Phi) is 9.86. The van der Waals surface area contributed by atoms with E-state index >= 15 is 0 Å². The summed E-state index contributed by atoms with van der Waals surface area (Å²) in [4.78, 5) is 17.4. The highest BCUT2D eigenvalue weighted by atomic mass is 31.3. The van der Waals surface area contributed by atoms with Crippen molar-refractivity contribution in [3.05, 3.63) is 58.7 Å². The minimum atomic E-state index is -2.39. The Hall–Kier alpha value is -0.000000000000000167. The number of hydrogen-bond donors (Lipinski definition) is 4. The third-order valence-electron chi connectivity index (χ3n) is 7.86. The summed E-state index contributed by atoms with van der Waals surface area (Å²) in [5, 5.41) is 2.89. The fraction of sp³-hybridized carbons (Fsp3) is 0.647. The van der Waals surface area contributed by atoms with Crippen LogP contribution < -0.4 is 30.0 Å². The second-order valence-corrected chi connectivity index (χ2v) is 32.1. The first-order valence-electron chi connectivity index (χ1n) is 15.4. The lowest BCUT2D eigenvalue weighted by Gasteiger charge is -2.40. The van der Waals surface area contributed by atoms with Crippen molar-refractivity contribution in [1.82, 2.24) is 19.4 Å². The number of hydrogen-bond acceptors (Lipinski definition) is 4. The highest BCUT2D eigenvalue weighted by Gasteiger charge is 2.66. The maximum Gasteiger partial charge on any atom is 0.289 e. The Labute approximate surface area is 262 Å². The maximum absolute atomic E-state index is 4.51. The summed E-state index contributed by atoms with van der Waals surface area (Å²) in [7, 11) is -7.49. The highest BCUT2D eigenvalue weighted by molar-refractivity contribution is 8.04. The lowest BCUT2D eigenvalue weighted by atomic mass is 9.80. The Balaban J connectivity index is 2.60. The number of rotatable bonds is 2. The topological polar surface area (TPSA) is 48.1 Å². The van der Waals surface area contributed by atoms with Gasteiger partial charge in [0.25, 0.3) is 7.56 Å². The van der Waals surface area contributed by atoms with Crippen molar-refractivity contribution in [3.63, 3.8) is 0 Å². The van der Waals surface area contributed by atoms with Crippen LogP contribution in [0.1, 0.15) is 105 Å². The molecule has 0 amide bonds. The summed E-state index contributed by atoms with van der Waals surface area (Å²) in [6, 6.07) is 14.8. The van der Waals surface area contributed by atoms with Crippen molar-refractivity contribution < 1.29 is 0 Å². The standard InChI is InChI=1S/C34H64N4P4/c1-31(2,3)25-19-21-29(27(23-25)33(7,8)9)42(37-40(15,16)35-39(13,14)36-41(17,18)38-42)30-22-20-26(32(4,5)6)24-28(30)34(10,11)12/h19-24,35-38H,1-18H3/q+4. The first-order valence-corrected chi connectivity index (χ1v) is 25.2. The van der Waals surface area contributed by atoms with Crippen LogP contribution in [0.3, 0.4) is 0 Å². The molecule has 0 saturated carbocycles. The Bertz CT molecular complexity index is 1200. The first-order chi connectivity index (χ1) is 18.5. The number of nitrogens with one attached hydrogen (secondary N) is 4. The van der Waals surface area contributed by atoms with E-state index in [0.717, 1.165) is 0 Å². The molecule has 1 aliphatic heterocycles. The lowest BCUT2D eigenvalue weighted by molar-refractivity contribution is 0.570. The lowest BCUT2D eigenvalue weighted by Crippen LogP contribution is -2.51. The normalized spacial score (nSPS) is 21.0. The van der Waals surface area contributed by atoms with Gasteiger partial charge < -0.3 is 0 Å². The average Bonchev–Trinajstić information content (AvgIpc) is 2.72. The molecule has 4 N–H and O–H groups in total. The fourth-order valence-corrected chi connectivity index (χ4v) is 28.7. The maximum atomic E-state index is 4.51. The summed E-state index contributed by atoms with van der Waals surface area (Å²) in [6.07, 6.45) is 0. The summed E-state index contributed by atoms with van der Waals surface area (Å²) in [6.45, 7) is 42.8. The van der Waals surface area contributed by atoms with E-state index in [1.165, 1.54) is 32.9 Å². The van der Waals surface area contributed by atoms with Crippen LogP contribution in [0.5, 0.6) is 0 Å². The minimum Gasteiger partial charge on any atom is -0.0561 e. The molecule has 1 fully saturated rings.